The van der Waals surface area contributed by atoms with Crippen molar-refractivity contribution in [3.05, 3.63) is 69.2 Å². The molecule has 0 aliphatic heterocycles. The summed E-state index contributed by atoms with van der Waals surface area (Å²) in [4.78, 5) is 12.2. The van der Waals surface area contributed by atoms with Crippen molar-refractivity contribution in [1.82, 2.24) is 10.2 Å². The fraction of sp³-hybridized carbons (Fsp3) is 0.211. The fourth-order valence-electron chi connectivity index (χ4n) is 2.34. The van der Waals surface area contributed by atoms with E-state index in [4.69, 9.17) is 16.3 Å². The first-order valence-electron chi connectivity index (χ1n) is 8.12. The SMILES string of the molecule is Cc1cccc(OCCc2nnc(NC(=O)c3ccccc3Cl)s2)c1C. The summed E-state index contributed by atoms with van der Waals surface area (Å²) in [6, 6.07) is 12.9. The smallest absolute Gasteiger partial charge is 0.259 e. The van der Waals surface area contributed by atoms with Gasteiger partial charge in [0.25, 0.3) is 5.91 Å². The van der Waals surface area contributed by atoms with Gasteiger partial charge in [-0.3, -0.25) is 10.1 Å². The second-order valence-corrected chi connectivity index (χ2v) is 7.20. The maximum Gasteiger partial charge on any atom is 0.259 e. The number of ether oxygens (including phenoxy) is 1. The van der Waals surface area contributed by atoms with Crippen molar-refractivity contribution in [2.45, 2.75) is 20.3 Å². The zero-order valence-electron chi connectivity index (χ0n) is 14.5. The lowest BCUT2D eigenvalue weighted by molar-refractivity contribution is 0.102. The lowest BCUT2D eigenvalue weighted by Gasteiger charge is -2.09. The first-order chi connectivity index (χ1) is 12.5. The Balaban J connectivity index is 1.56. The predicted molar refractivity (Wildman–Crippen MR) is 104 cm³/mol. The molecule has 0 bridgehead atoms. The number of nitrogens with zero attached hydrogens (tertiary/aromatic N) is 2. The molecule has 26 heavy (non-hydrogen) atoms. The minimum Gasteiger partial charge on any atom is -0.493 e. The molecule has 0 spiro atoms. The van der Waals surface area contributed by atoms with Crippen LogP contribution in [-0.4, -0.2) is 22.7 Å². The number of carbonyl (C=O) groups excluding carboxylic acids is 1. The Morgan fingerprint density at radius 3 is 2.77 bits per heavy atom. The van der Waals surface area contributed by atoms with Crippen LogP contribution in [0.1, 0.15) is 26.5 Å². The molecule has 0 saturated carbocycles. The molecule has 1 N–H and O–H groups in total. The number of hydrogen-bond donors (Lipinski definition) is 1. The van der Waals surface area contributed by atoms with E-state index in [2.05, 4.69) is 28.5 Å². The number of aryl methyl sites for hydroxylation is 1. The van der Waals surface area contributed by atoms with Crippen LogP contribution in [0.2, 0.25) is 5.02 Å². The summed E-state index contributed by atoms with van der Waals surface area (Å²) >= 11 is 7.36. The van der Waals surface area contributed by atoms with Crippen LogP contribution in [0.4, 0.5) is 5.13 Å². The van der Waals surface area contributed by atoms with Crippen molar-refractivity contribution in [3.63, 3.8) is 0 Å². The van der Waals surface area contributed by atoms with Crippen molar-refractivity contribution < 1.29 is 9.53 Å². The van der Waals surface area contributed by atoms with Gasteiger partial charge in [0.2, 0.25) is 5.13 Å². The van der Waals surface area contributed by atoms with Gasteiger partial charge in [0, 0.05) is 6.42 Å². The average Bonchev–Trinajstić information content (AvgIpc) is 3.06. The summed E-state index contributed by atoms with van der Waals surface area (Å²) in [6.07, 6.45) is 0.618. The maximum atomic E-state index is 12.2. The van der Waals surface area contributed by atoms with E-state index in [-0.39, 0.29) is 5.91 Å². The molecule has 0 aliphatic carbocycles. The lowest BCUT2D eigenvalue weighted by Crippen LogP contribution is -2.12. The second kappa shape index (κ2) is 8.29. The minimum absolute atomic E-state index is 0.301. The largest absolute Gasteiger partial charge is 0.493 e. The molecule has 0 fully saturated rings. The molecule has 1 aromatic heterocycles. The Labute approximate surface area is 161 Å². The molecule has 3 aromatic rings. The number of aromatic nitrogens is 2. The van der Waals surface area contributed by atoms with Gasteiger partial charge in [0.1, 0.15) is 10.8 Å². The van der Waals surface area contributed by atoms with E-state index >= 15 is 0 Å². The Bertz CT molecular complexity index is 927. The monoisotopic (exact) mass is 387 g/mol. The maximum absolute atomic E-state index is 12.2. The number of anilines is 1. The molecule has 134 valence electrons. The Hall–Kier alpha value is -2.44. The summed E-state index contributed by atoms with van der Waals surface area (Å²) in [5.41, 5.74) is 2.74. The minimum atomic E-state index is -0.301. The zero-order chi connectivity index (χ0) is 18.5. The molecule has 5 nitrogen and oxygen atoms in total. The quantitative estimate of drug-likeness (QED) is 0.666. The van der Waals surface area contributed by atoms with Crippen molar-refractivity contribution in [1.29, 1.82) is 0 Å². The van der Waals surface area contributed by atoms with Crippen molar-refractivity contribution in [2.24, 2.45) is 0 Å². The van der Waals surface area contributed by atoms with E-state index in [1.165, 1.54) is 16.9 Å². The third-order valence-corrected chi connectivity index (χ3v) is 5.16. The number of nitrogens with one attached hydrogen (secondary N) is 1. The zero-order valence-corrected chi connectivity index (χ0v) is 16.0. The number of carbonyl (C=O) groups is 1. The van der Waals surface area contributed by atoms with Crippen molar-refractivity contribution in [2.75, 3.05) is 11.9 Å². The molecule has 7 heteroatoms. The van der Waals surface area contributed by atoms with Gasteiger partial charge < -0.3 is 4.74 Å². The standard InChI is InChI=1S/C19H18ClN3O2S/c1-12-6-5-9-16(13(12)2)25-11-10-17-22-23-19(26-17)21-18(24)14-7-3-4-8-15(14)20/h3-9H,10-11H2,1-2H3,(H,21,23,24). The summed E-state index contributed by atoms with van der Waals surface area (Å²) in [7, 11) is 0. The third kappa shape index (κ3) is 4.39. The molecule has 1 amide bonds. The number of amides is 1. The van der Waals surface area contributed by atoms with E-state index in [1.54, 1.807) is 24.3 Å². The van der Waals surface area contributed by atoms with E-state index in [1.807, 2.05) is 19.1 Å². The molecular weight excluding hydrogens is 370 g/mol. The van der Waals surface area contributed by atoms with Gasteiger partial charge in [-0.2, -0.15) is 0 Å². The molecule has 0 aliphatic rings. The highest BCUT2D eigenvalue weighted by Gasteiger charge is 2.13. The first-order valence-corrected chi connectivity index (χ1v) is 9.31. The van der Waals surface area contributed by atoms with Crippen LogP contribution in [-0.2, 0) is 6.42 Å². The van der Waals surface area contributed by atoms with E-state index in [9.17, 15) is 4.79 Å². The molecule has 0 atom stereocenters. The van der Waals surface area contributed by atoms with Crippen LogP contribution in [0.3, 0.4) is 0 Å². The highest BCUT2D eigenvalue weighted by atomic mass is 35.5. The number of benzene rings is 2. The highest BCUT2D eigenvalue weighted by molar-refractivity contribution is 7.15. The lowest BCUT2D eigenvalue weighted by atomic mass is 10.1. The van der Waals surface area contributed by atoms with Gasteiger partial charge in [0.05, 0.1) is 17.2 Å². The number of rotatable bonds is 6. The summed E-state index contributed by atoms with van der Waals surface area (Å²) < 4.78 is 5.83. The van der Waals surface area contributed by atoms with Crippen LogP contribution in [0.25, 0.3) is 0 Å². The van der Waals surface area contributed by atoms with Crippen LogP contribution in [0.5, 0.6) is 5.75 Å². The molecule has 0 saturated heterocycles. The van der Waals surface area contributed by atoms with Gasteiger partial charge >= 0.3 is 0 Å². The van der Waals surface area contributed by atoms with Crippen LogP contribution < -0.4 is 10.1 Å². The van der Waals surface area contributed by atoms with Crippen molar-refractivity contribution in [3.8, 4) is 5.75 Å². The Morgan fingerprint density at radius 1 is 1.15 bits per heavy atom. The van der Waals surface area contributed by atoms with Gasteiger partial charge in [0.15, 0.2) is 0 Å². The fourth-order valence-corrected chi connectivity index (χ4v) is 3.28. The number of halogens is 1. The normalized spacial score (nSPS) is 10.6. The van der Waals surface area contributed by atoms with Crippen LogP contribution >= 0.6 is 22.9 Å². The van der Waals surface area contributed by atoms with Gasteiger partial charge in [-0.15, -0.1) is 10.2 Å². The highest BCUT2D eigenvalue weighted by Crippen LogP contribution is 2.22. The average molecular weight is 388 g/mol. The molecule has 0 unspecified atom stereocenters. The molecule has 0 radical (unpaired) electrons. The number of hydrogen-bond acceptors (Lipinski definition) is 5. The topological polar surface area (TPSA) is 64.1 Å². The van der Waals surface area contributed by atoms with Gasteiger partial charge in [-0.05, 0) is 43.2 Å². The van der Waals surface area contributed by atoms with Crippen LogP contribution in [0, 0.1) is 13.8 Å². The van der Waals surface area contributed by atoms with Gasteiger partial charge in [-0.1, -0.05) is 47.2 Å². The van der Waals surface area contributed by atoms with E-state index in [0.29, 0.717) is 28.7 Å². The summed E-state index contributed by atoms with van der Waals surface area (Å²) in [5.74, 6) is 0.576. The predicted octanol–water partition coefficient (Wildman–Crippen LogP) is 4.68. The van der Waals surface area contributed by atoms with Crippen LogP contribution in [0.15, 0.2) is 42.5 Å². The summed E-state index contributed by atoms with van der Waals surface area (Å²) in [6.45, 7) is 4.59. The summed E-state index contributed by atoms with van der Waals surface area (Å²) in [5, 5.41) is 12.5. The Kier molecular flexibility index (Phi) is 5.85. The van der Waals surface area contributed by atoms with E-state index in [0.717, 1.165) is 16.3 Å². The van der Waals surface area contributed by atoms with Crippen molar-refractivity contribution >= 4 is 34.0 Å². The molecule has 3 rings (SSSR count). The van der Waals surface area contributed by atoms with Gasteiger partial charge in [-0.25, -0.2) is 0 Å². The molecule has 2 aromatic carbocycles. The first kappa shape index (κ1) is 18.4. The molecule has 1 heterocycles. The molecular formula is C19H18ClN3O2S. The van der Waals surface area contributed by atoms with E-state index < -0.39 is 0 Å². The Morgan fingerprint density at radius 2 is 1.96 bits per heavy atom. The second-order valence-electron chi connectivity index (χ2n) is 5.73. The third-order valence-electron chi connectivity index (χ3n) is 3.93.